The van der Waals surface area contributed by atoms with E-state index in [4.69, 9.17) is 24.2 Å². The van der Waals surface area contributed by atoms with E-state index in [1.54, 1.807) is 30.2 Å². The molecule has 0 aromatic heterocycles. The number of non-ortho nitro benzene ring substituents is 1. The molecule has 12 heteroatoms. The largest absolute Gasteiger partial charge is 0.459 e. The minimum Gasteiger partial charge on any atom is -0.459 e. The molecule has 1 saturated carbocycles. The summed E-state index contributed by atoms with van der Waals surface area (Å²) in [6.07, 6.45) is 8.61. The van der Waals surface area contributed by atoms with Crippen LogP contribution in [0.4, 0.5) is 5.69 Å². The number of amides is 1. The van der Waals surface area contributed by atoms with Crippen LogP contribution in [0.3, 0.4) is 0 Å². The molecule has 0 radical (unpaired) electrons. The molecular formula is C58H59N3O9. The van der Waals surface area contributed by atoms with E-state index in [2.05, 4.69) is 30.9 Å². The number of nitro benzene ring substituents is 1. The molecule has 6 aromatic rings. The Balaban J connectivity index is 1.18. The average Bonchev–Trinajstić information content (AvgIpc) is 3.39. The number of carbonyl (C=O) groups excluding carboxylic acids is 1. The van der Waals surface area contributed by atoms with E-state index < -0.39 is 22.7 Å². The Morgan fingerprint density at radius 3 is 2.27 bits per heavy atom. The molecule has 0 unspecified atom stereocenters. The van der Waals surface area contributed by atoms with Crippen LogP contribution in [0.5, 0.6) is 17.2 Å². The van der Waals surface area contributed by atoms with Crippen LogP contribution in [0.25, 0.3) is 21.9 Å². The van der Waals surface area contributed by atoms with Gasteiger partial charge in [0.15, 0.2) is 0 Å². The summed E-state index contributed by atoms with van der Waals surface area (Å²) in [6, 6.07) is 43.2. The van der Waals surface area contributed by atoms with Crippen molar-refractivity contribution in [3.05, 3.63) is 191 Å². The Kier molecular flexibility index (Phi) is 14.8. The van der Waals surface area contributed by atoms with Crippen molar-refractivity contribution in [2.45, 2.75) is 69.3 Å². The van der Waals surface area contributed by atoms with Crippen LogP contribution in [-0.4, -0.2) is 70.4 Å². The predicted octanol–water partition coefficient (Wildman–Crippen LogP) is 11.8. The number of carbonyl (C=O) groups is 1. The number of likely N-dealkylation sites (N-methyl/N-ethyl adjacent to an activating group) is 1. The highest BCUT2D eigenvalue weighted by Gasteiger charge is 2.65. The highest BCUT2D eigenvalue weighted by atomic mass is 16.7. The van der Waals surface area contributed by atoms with Crippen molar-refractivity contribution in [2.24, 2.45) is 22.9 Å². The highest BCUT2D eigenvalue weighted by Crippen LogP contribution is 2.62. The lowest BCUT2D eigenvalue weighted by Gasteiger charge is -2.59. The zero-order valence-electron chi connectivity index (χ0n) is 39.4. The second kappa shape index (κ2) is 21.7. The van der Waals surface area contributed by atoms with Crippen LogP contribution in [0.15, 0.2) is 169 Å². The molecule has 0 spiro atoms. The van der Waals surface area contributed by atoms with Crippen molar-refractivity contribution in [1.82, 2.24) is 4.90 Å². The number of aliphatic hydroxyl groups excluding tert-OH is 2. The molecule has 360 valence electrons. The van der Waals surface area contributed by atoms with E-state index >= 15 is 4.79 Å². The average molecular weight is 942 g/mol. The fraction of sp³-hybridized carbons (Fsp3) is 0.310. The third kappa shape index (κ3) is 9.98. The number of benzene rings is 6. The molecule has 1 heterocycles. The van der Waals surface area contributed by atoms with Crippen LogP contribution >= 0.6 is 0 Å². The number of fused-ring (bicyclic) bond motifs is 3. The van der Waals surface area contributed by atoms with Gasteiger partial charge >= 0.3 is 0 Å². The molecule has 1 fully saturated rings. The molecule has 1 aliphatic heterocycles. The SMILES string of the molecule is C=CCO[C@@]12Oc3ccc(Oc4ccc(-c5ccccc5)cc4)cc3[C@H]3[C@H](CCCCO)[C@@H](CCCCO)C=C(C(=NOCc4ccc([N+](=O)[O-])cc4)C[C@@H]1N(C)C(=O)c1ccc4ccccc4c1)[C@H]32. The number of hydrogen-bond donors (Lipinski definition) is 2. The van der Waals surface area contributed by atoms with Gasteiger partial charge in [-0.2, -0.15) is 0 Å². The minimum absolute atomic E-state index is 0.0104. The minimum atomic E-state index is -1.45. The van der Waals surface area contributed by atoms with Crippen molar-refractivity contribution in [3.8, 4) is 28.4 Å². The molecule has 2 aliphatic carbocycles. The van der Waals surface area contributed by atoms with Gasteiger partial charge in [-0.05, 0) is 125 Å². The molecule has 0 bridgehead atoms. The third-order valence-electron chi connectivity index (χ3n) is 14.2. The first-order valence-corrected chi connectivity index (χ1v) is 24.2. The van der Waals surface area contributed by atoms with Gasteiger partial charge in [0, 0.05) is 55.9 Å². The second-order valence-corrected chi connectivity index (χ2v) is 18.4. The first-order chi connectivity index (χ1) is 34.2. The number of rotatable bonds is 20. The summed E-state index contributed by atoms with van der Waals surface area (Å²) in [7, 11) is 1.79. The maximum atomic E-state index is 15.0. The Hall–Kier alpha value is -7.12. The van der Waals surface area contributed by atoms with Gasteiger partial charge in [-0.25, -0.2) is 0 Å². The van der Waals surface area contributed by atoms with E-state index in [9.17, 15) is 20.3 Å². The first kappa shape index (κ1) is 47.9. The maximum Gasteiger partial charge on any atom is 0.269 e. The topological polar surface area (TPSA) is 153 Å². The third-order valence-corrected chi connectivity index (χ3v) is 14.2. The molecule has 12 nitrogen and oxygen atoms in total. The van der Waals surface area contributed by atoms with Gasteiger partial charge < -0.3 is 34.2 Å². The quantitative estimate of drug-likeness (QED) is 0.0329. The smallest absolute Gasteiger partial charge is 0.269 e. The van der Waals surface area contributed by atoms with Gasteiger partial charge in [-0.1, -0.05) is 103 Å². The van der Waals surface area contributed by atoms with E-state index in [0.29, 0.717) is 46.9 Å². The van der Waals surface area contributed by atoms with Crippen LogP contribution in [0.2, 0.25) is 0 Å². The Morgan fingerprint density at radius 2 is 1.54 bits per heavy atom. The molecule has 6 atom stereocenters. The summed E-state index contributed by atoms with van der Waals surface area (Å²) >= 11 is 0. The van der Waals surface area contributed by atoms with Crippen LogP contribution in [0.1, 0.15) is 72.3 Å². The molecule has 3 aliphatic rings. The van der Waals surface area contributed by atoms with Gasteiger partial charge in [0.25, 0.3) is 11.6 Å². The van der Waals surface area contributed by atoms with E-state index in [0.717, 1.165) is 58.7 Å². The van der Waals surface area contributed by atoms with Crippen LogP contribution in [-0.2, 0) is 16.2 Å². The van der Waals surface area contributed by atoms with Gasteiger partial charge in [-0.15, -0.1) is 6.58 Å². The summed E-state index contributed by atoms with van der Waals surface area (Å²) < 4.78 is 21.1. The number of nitrogens with zero attached hydrogens (tertiary/aromatic N) is 3. The maximum absolute atomic E-state index is 15.0. The lowest BCUT2D eigenvalue weighted by Crippen LogP contribution is -2.69. The predicted molar refractivity (Wildman–Crippen MR) is 271 cm³/mol. The summed E-state index contributed by atoms with van der Waals surface area (Å²) in [6.45, 7) is 4.37. The van der Waals surface area contributed by atoms with Crippen molar-refractivity contribution >= 4 is 28.1 Å². The summed E-state index contributed by atoms with van der Waals surface area (Å²) in [5, 5.41) is 38.3. The van der Waals surface area contributed by atoms with Gasteiger partial charge in [0.2, 0.25) is 5.79 Å². The normalized spacial score (nSPS) is 21.7. The fourth-order valence-corrected chi connectivity index (χ4v) is 10.8. The zero-order chi connectivity index (χ0) is 48.6. The van der Waals surface area contributed by atoms with Gasteiger partial charge in [0.1, 0.15) is 29.9 Å². The molecule has 0 saturated heterocycles. The van der Waals surface area contributed by atoms with Crippen LogP contribution < -0.4 is 9.47 Å². The summed E-state index contributed by atoms with van der Waals surface area (Å²) in [5.74, 6) is -0.499. The monoisotopic (exact) mass is 941 g/mol. The Bertz CT molecular complexity index is 2870. The van der Waals surface area contributed by atoms with E-state index in [-0.39, 0.29) is 62.2 Å². The number of ether oxygens (including phenoxy) is 3. The lowest BCUT2D eigenvalue weighted by molar-refractivity contribution is -0.384. The zero-order valence-corrected chi connectivity index (χ0v) is 39.4. The molecule has 1 amide bonds. The Labute approximate surface area is 408 Å². The Morgan fingerprint density at radius 1 is 0.843 bits per heavy atom. The summed E-state index contributed by atoms with van der Waals surface area (Å²) in [5.41, 5.74) is 5.84. The van der Waals surface area contributed by atoms with Crippen LogP contribution in [0, 0.1) is 27.9 Å². The summed E-state index contributed by atoms with van der Waals surface area (Å²) in [4.78, 5) is 33.9. The molecular weight excluding hydrogens is 883 g/mol. The highest BCUT2D eigenvalue weighted by molar-refractivity contribution is 6.04. The van der Waals surface area contributed by atoms with Crippen molar-refractivity contribution in [2.75, 3.05) is 26.9 Å². The van der Waals surface area contributed by atoms with E-state index in [1.165, 1.54) is 12.1 Å². The molecule has 6 aromatic carbocycles. The van der Waals surface area contributed by atoms with Crippen molar-refractivity contribution in [1.29, 1.82) is 0 Å². The fourth-order valence-electron chi connectivity index (χ4n) is 10.8. The van der Waals surface area contributed by atoms with Crippen molar-refractivity contribution < 1.29 is 39.0 Å². The van der Waals surface area contributed by atoms with E-state index in [1.807, 2.05) is 97.1 Å². The number of allylic oxidation sites excluding steroid dienone is 1. The lowest BCUT2D eigenvalue weighted by atomic mass is 9.55. The number of unbranched alkanes of at least 4 members (excludes halogenated alkanes) is 2. The van der Waals surface area contributed by atoms with Gasteiger partial charge in [-0.3, -0.25) is 14.9 Å². The molecule has 9 rings (SSSR count). The second-order valence-electron chi connectivity index (χ2n) is 18.4. The number of aliphatic hydroxyl groups is 2. The van der Waals surface area contributed by atoms with Crippen molar-refractivity contribution in [3.63, 3.8) is 0 Å². The first-order valence-electron chi connectivity index (χ1n) is 24.2. The molecule has 2 N–H and O–H groups in total. The van der Waals surface area contributed by atoms with Gasteiger partial charge in [0.05, 0.1) is 23.2 Å². The molecule has 70 heavy (non-hydrogen) atoms. The standard InChI is InChI=1S/C58H59N3O9/c1-3-33-67-58-54(60(2)57(64)45-22-21-41-15-7-8-16-43(41)34-45)37-52(59-68-38-39-19-25-46(26-20-39)61(65)66)50-35-44(17-9-11-31-62)49(18-10-12-32-63)55(56(50)58)51-36-48(29-30-53(51)70-58)69-47-27-23-42(24-28-47)40-13-5-4-6-14-40/h3-8,13-16,19-30,34-36,44,49,54-56,62-63H,1,9-12,17-18,31-33,37-38H2,2H3/t44-,49+,54-,55+,56+,58+/m0/s1. The number of oxime groups is 1. The number of hydrogen-bond acceptors (Lipinski definition) is 10. The number of nitro groups is 1.